The van der Waals surface area contributed by atoms with Gasteiger partial charge in [0, 0.05) is 18.8 Å². The molecule has 2 N–H and O–H groups in total. The molecule has 1 aromatic carbocycles. The minimum absolute atomic E-state index is 0.0199. The molecular formula is C15H26N2O2S. The van der Waals surface area contributed by atoms with Crippen LogP contribution in [0, 0.1) is 5.92 Å². The lowest BCUT2D eigenvalue weighted by Crippen LogP contribution is -2.35. The number of sulfonamides is 1. The monoisotopic (exact) mass is 298 g/mol. The zero-order valence-electron chi connectivity index (χ0n) is 12.7. The van der Waals surface area contributed by atoms with Crippen LogP contribution < -0.4 is 5.73 Å². The number of anilines is 1. The van der Waals surface area contributed by atoms with Crippen molar-refractivity contribution in [3.05, 3.63) is 29.8 Å². The third kappa shape index (κ3) is 4.80. The van der Waals surface area contributed by atoms with Gasteiger partial charge in [0.15, 0.2) is 0 Å². The number of benzene rings is 1. The molecule has 0 saturated heterocycles. The molecule has 4 nitrogen and oxygen atoms in total. The van der Waals surface area contributed by atoms with Crippen LogP contribution in [-0.2, 0) is 15.8 Å². The first kappa shape index (κ1) is 17.0. The molecule has 0 saturated carbocycles. The van der Waals surface area contributed by atoms with Gasteiger partial charge >= 0.3 is 0 Å². The van der Waals surface area contributed by atoms with Crippen molar-refractivity contribution < 1.29 is 8.42 Å². The molecule has 20 heavy (non-hydrogen) atoms. The molecule has 1 rings (SSSR count). The number of nitrogen functional groups attached to an aromatic ring is 1. The van der Waals surface area contributed by atoms with Crippen LogP contribution in [0.3, 0.4) is 0 Å². The second kappa shape index (κ2) is 7.64. The van der Waals surface area contributed by atoms with Gasteiger partial charge in [-0.1, -0.05) is 45.7 Å². The van der Waals surface area contributed by atoms with E-state index in [0.29, 0.717) is 24.7 Å². The molecule has 114 valence electrons. The van der Waals surface area contributed by atoms with Crippen molar-refractivity contribution >= 4 is 15.7 Å². The molecule has 0 fully saturated rings. The quantitative estimate of drug-likeness (QED) is 0.751. The third-order valence-electron chi connectivity index (χ3n) is 3.66. The van der Waals surface area contributed by atoms with Crippen LogP contribution >= 0.6 is 0 Å². The summed E-state index contributed by atoms with van der Waals surface area (Å²) in [7, 11) is -3.28. The molecule has 0 aliphatic heterocycles. The van der Waals surface area contributed by atoms with E-state index in [9.17, 15) is 8.42 Å². The fourth-order valence-electron chi connectivity index (χ4n) is 2.26. The number of nitrogens with two attached hydrogens (primary N) is 1. The summed E-state index contributed by atoms with van der Waals surface area (Å²) in [6.07, 6.45) is 2.00. The van der Waals surface area contributed by atoms with Crippen molar-refractivity contribution in [1.29, 1.82) is 0 Å². The summed E-state index contributed by atoms with van der Waals surface area (Å²) in [5, 5.41) is 0. The van der Waals surface area contributed by atoms with Crippen molar-refractivity contribution in [2.24, 2.45) is 5.92 Å². The average molecular weight is 298 g/mol. The molecule has 0 aliphatic carbocycles. The van der Waals surface area contributed by atoms with Crippen molar-refractivity contribution in [2.45, 2.75) is 39.4 Å². The first-order valence-corrected chi connectivity index (χ1v) is 8.86. The second-order valence-electron chi connectivity index (χ2n) is 5.13. The van der Waals surface area contributed by atoms with E-state index in [1.165, 1.54) is 0 Å². The maximum atomic E-state index is 12.5. The Morgan fingerprint density at radius 2 is 1.85 bits per heavy atom. The highest BCUT2D eigenvalue weighted by molar-refractivity contribution is 7.88. The van der Waals surface area contributed by atoms with Crippen LogP contribution in [0.5, 0.6) is 0 Å². The number of rotatable bonds is 8. The molecular weight excluding hydrogens is 272 g/mol. The summed E-state index contributed by atoms with van der Waals surface area (Å²) in [5.74, 6) is 0.442. The van der Waals surface area contributed by atoms with Gasteiger partial charge in [-0.05, 0) is 23.6 Å². The van der Waals surface area contributed by atoms with Crippen LogP contribution in [0.1, 0.15) is 39.2 Å². The van der Waals surface area contributed by atoms with E-state index in [0.717, 1.165) is 18.4 Å². The molecule has 0 atom stereocenters. The third-order valence-corrected chi connectivity index (χ3v) is 5.55. The number of hydrogen-bond donors (Lipinski definition) is 1. The largest absolute Gasteiger partial charge is 0.399 e. The highest BCUT2D eigenvalue weighted by atomic mass is 32.2. The molecule has 0 aromatic heterocycles. The molecule has 0 aliphatic rings. The molecule has 0 bridgehead atoms. The first-order chi connectivity index (χ1) is 9.42. The van der Waals surface area contributed by atoms with Crippen LogP contribution in [0.2, 0.25) is 0 Å². The van der Waals surface area contributed by atoms with Crippen molar-refractivity contribution in [3.8, 4) is 0 Å². The number of hydrogen-bond acceptors (Lipinski definition) is 3. The summed E-state index contributed by atoms with van der Waals surface area (Å²) in [4.78, 5) is 0. The minimum Gasteiger partial charge on any atom is -0.399 e. The van der Waals surface area contributed by atoms with E-state index in [1.807, 2.05) is 6.92 Å². The van der Waals surface area contributed by atoms with E-state index >= 15 is 0 Å². The molecule has 0 amide bonds. The molecule has 5 heteroatoms. The van der Waals surface area contributed by atoms with Gasteiger partial charge < -0.3 is 5.73 Å². The Bertz CT molecular complexity index is 510. The lowest BCUT2D eigenvalue weighted by molar-refractivity contribution is 0.339. The van der Waals surface area contributed by atoms with E-state index in [1.54, 1.807) is 28.6 Å². The Morgan fingerprint density at radius 1 is 1.20 bits per heavy atom. The number of nitrogens with zero attached hydrogens (tertiary/aromatic N) is 1. The van der Waals surface area contributed by atoms with E-state index in [-0.39, 0.29) is 5.75 Å². The normalized spacial score (nSPS) is 12.2. The zero-order chi connectivity index (χ0) is 15.2. The maximum absolute atomic E-state index is 12.5. The van der Waals surface area contributed by atoms with Gasteiger partial charge in [-0.15, -0.1) is 0 Å². The van der Waals surface area contributed by atoms with Gasteiger partial charge in [-0.2, -0.15) is 0 Å². The van der Waals surface area contributed by atoms with Crippen molar-refractivity contribution in [2.75, 3.05) is 18.8 Å². The fraction of sp³-hybridized carbons (Fsp3) is 0.600. The molecule has 1 aromatic rings. The zero-order valence-corrected chi connectivity index (χ0v) is 13.5. The lowest BCUT2D eigenvalue weighted by Gasteiger charge is -2.24. The fourth-order valence-corrected chi connectivity index (χ4v) is 3.87. The molecule has 0 radical (unpaired) electrons. The first-order valence-electron chi connectivity index (χ1n) is 7.25. The van der Waals surface area contributed by atoms with Gasteiger partial charge in [0.05, 0.1) is 5.75 Å². The van der Waals surface area contributed by atoms with Crippen LogP contribution in [0.25, 0.3) is 0 Å². The van der Waals surface area contributed by atoms with Crippen molar-refractivity contribution in [1.82, 2.24) is 4.31 Å². The van der Waals surface area contributed by atoms with E-state index < -0.39 is 10.0 Å². The predicted octanol–water partition coefficient (Wildman–Crippen LogP) is 2.86. The summed E-state index contributed by atoms with van der Waals surface area (Å²) in [5.41, 5.74) is 7.04. The summed E-state index contributed by atoms with van der Waals surface area (Å²) >= 11 is 0. The van der Waals surface area contributed by atoms with Gasteiger partial charge in [0.1, 0.15) is 0 Å². The van der Waals surface area contributed by atoms with Crippen molar-refractivity contribution in [3.63, 3.8) is 0 Å². The topological polar surface area (TPSA) is 63.4 Å². The predicted molar refractivity (Wildman–Crippen MR) is 84.8 cm³/mol. The average Bonchev–Trinajstić information content (AvgIpc) is 2.39. The van der Waals surface area contributed by atoms with E-state index in [4.69, 9.17) is 5.73 Å². The van der Waals surface area contributed by atoms with Crippen LogP contribution in [0.4, 0.5) is 5.69 Å². The molecule has 0 spiro atoms. The highest BCUT2D eigenvalue weighted by Crippen LogP contribution is 2.17. The summed E-state index contributed by atoms with van der Waals surface area (Å²) < 4.78 is 26.6. The van der Waals surface area contributed by atoms with Crippen LogP contribution in [-0.4, -0.2) is 25.8 Å². The van der Waals surface area contributed by atoms with Gasteiger partial charge in [-0.25, -0.2) is 12.7 Å². The summed E-state index contributed by atoms with van der Waals surface area (Å²) in [6, 6.07) is 7.08. The van der Waals surface area contributed by atoms with Gasteiger partial charge in [0.25, 0.3) is 0 Å². The Kier molecular flexibility index (Phi) is 6.49. The van der Waals surface area contributed by atoms with E-state index in [2.05, 4.69) is 13.8 Å². The smallest absolute Gasteiger partial charge is 0.218 e. The lowest BCUT2D eigenvalue weighted by atomic mass is 10.0. The second-order valence-corrected chi connectivity index (χ2v) is 7.10. The standard InChI is InChI=1S/C15H26N2O2S/c1-4-13(5-2)11-17(6-3)20(18,19)12-14-8-7-9-15(16)10-14/h7-10,13H,4-6,11-12,16H2,1-3H3. The maximum Gasteiger partial charge on any atom is 0.218 e. The Balaban J connectivity index is 2.84. The van der Waals surface area contributed by atoms with Gasteiger partial charge in [0.2, 0.25) is 10.0 Å². The Labute approximate surface area is 123 Å². The Morgan fingerprint density at radius 3 is 2.35 bits per heavy atom. The minimum atomic E-state index is -3.28. The molecule has 0 heterocycles. The molecule has 0 unspecified atom stereocenters. The Hall–Kier alpha value is -1.07. The highest BCUT2D eigenvalue weighted by Gasteiger charge is 2.23. The summed E-state index contributed by atoms with van der Waals surface area (Å²) in [6.45, 7) is 7.22. The van der Waals surface area contributed by atoms with Gasteiger partial charge in [-0.3, -0.25) is 0 Å². The van der Waals surface area contributed by atoms with Crippen LogP contribution in [0.15, 0.2) is 24.3 Å². The SMILES string of the molecule is CCC(CC)CN(CC)S(=O)(=O)Cc1cccc(N)c1.